The van der Waals surface area contributed by atoms with Crippen molar-refractivity contribution in [2.45, 2.75) is 27.3 Å². The van der Waals surface area contributed by atoms with Crippen molar-refractivity contribution >= 4 is 5.91 Å². The normalized spacial score (nSPS) is 10.7. The zero-order valence-corrected chi connectivity index (χ0v) is 14.0. The molecule has 2 rings (SSSR count). The maximum absolute atomic E-state index is 12.8. The van der Waals surface area contributed by atoms with Gasteiger partial charge < -0.3 is 19.7 Å². The van der Waals surface area contributed by atoms with E-state index in [0.29, 0.717) is 12.1 Å². The van der Waals surface area contributed by atoms with Crippen LogP contribution in [0.25, 0.3) is 0 Å². The molecular formula is C17H23N3O3. The molecule has 0 bridgehead atoms. The summed E-state index contributed by atoms with van der Waals surface area (Å²) in [5, 5.41) is 9.28. The van der Waals surface area contributed by atoms with Gasteiger partial charge in [0.05, 0.1) is 32.3 Å². The van der Waals surface area contributed by atoms with Gasteiger partial charge in [0.15, 0.2) is 0 Å². The number of carbonyl (C=O) groups excluding carboxylic acids is 1. The molecule has 2 aromatic rings. The molecular weight excluding hydrogens is 294 g/mol. The molecule has 6 nitrogen and oxygen atoms in total. The summed E-state index contributed by atoms with van der Waals surface area (Å²) in [6, 6.07) is 3.63. The summed E-state index contributed by atoms with van der Waals surface area (Å²) in [5.41, 5.74) is 4.13. The van der Waals surface area contributed by atoms with Crippen LogP contribution in [0.3, 0.4) is 0 Å². The fourth-order valence-electron chi connectivity index (χ4n) is 2.68. The van der Waals surface area contributed by atoms with E-state index in [9.17, 15) is 9.90 Å². The monoisotopic (exact) mass is 317 g/mol. The molecule has 124 valence electrons. The molecule has 0 aliphatic rings. The average molecular weight is 317 g/mol. The number of aromatic nitrogens is 2. The number of hydrogen-bond acceptors (Lipinski definition) is 4. The number of ether oxygens (including phenoxy) is 1. The van der Waals surface area contributed by atoms with Gasteiger partial charge in [0.25, 0.3) is 5.91 Å². The number of aliphatic hydroxyl groups is 1. The van der Waals surface area contributed by atoms with Crippen LogP contribution in [0.1, 0.15) is 32.9 Å². The molecule has 0 aliphatic carbocycles. The SMILES string of the molecule is COc1c(C)cc(C(=O)N(CCO)Cc2nc[nH]c2C)cc1C. The van der Waals surface area contributed by atoms with E-state index in [1.807, 2.05) is 32.9 Å². The number of rotatable bonds is 6. The summed E-state index contributed by atoms with van der Waals surface area (Å²) < 4.78 is 5.34. The minimum Gasteiger partial charge on any atom is -0.496 e. The highest BCUT2D eigenvalue weighted by molar-refractivity contribution is 5.95. The van der Waals surface area contributed by atoms with Crippen LogP contribution in [0.15, 0.2) is 18.5 Å². The number of H-pyrrole nitrogens is 1. The first-order valence-electron chi connectivity index (χ1n) is 7.52. The van der Waals surface area contributed by atoms with Crippen LogP contribution in [-0.4, -0.2) is 46.1 Å². The number of nitrogens with one attached hydrogen (secondary N) is 1. The zero-order chi connectivity index (χ0) is 17.0. The molecule has 0 unspecified atom stereocenters. The molecule has 6 heteroatoms. The Kier molecular flexibility index (Phi) is 5.39. The molecule has 0 saturated heterocycles. The van der Waals surface area contributed by atoms with Crippen molar-refractivity contribution in [2.24, 2.45) is 0 Å². The molecule has 0 radical (unpaired) electrons. The van der Waals surface area contributed by atoms with Crippen LogP contribution in [0.5, 0.6) is 5.75 Å². The van der Waals surface area contributed by atoms with E-state index in [2.05, 4.69) is 9.97 Å². The maximum atomic E-state index is 12.8. The van der Waals surface area contributed by atoms with E-state index in [1.165, 1.54) is 0 Å². The first-order chi connectivity index (χ1) is 11.0. The number of benzene rings is 1. The summed E-state index contributed by atoms with van der Waals surface area (Å²) in [7, 11) is 1.62. The van der Waals surface area contributed by atoms with E-state index in [0.717, 1.165) is 28.3 Å². The van der Waals surface area contributed by atoms with Crippen LogP contribution in [0.2, 0.25) is 0 Å². The number of carbonyl (C=O) groups is 1. The number of aryl methyl sites for hydroxylation is 3. The molecule has 1 heterocycles. The van der Waals surface area contributed by atoms with E-state index >= 15 is 0 Å². The van der Waals surface area contributed by atoms with Gasteiger partial charge in [-0.3, -0.25) is 4.79 Å². The lowest BCUT2D eigenvalue weighted by Crippen LogP contribution is -2.33. The fourth-order valence-corrected chi connectivity index (χ4v) is 2.68. The Morgan fingerprint density at radius 1 is 1.30 bits per heavy atom. The van der Waals surface area contributed by atoms with Crippen LogP contribution in [0, 0.1) is 20.8 Å². The Bertz CT molecular complexity index is 671. The second-order valence-corrected chi connectivity index (χ2v) is 5.57. The van der Waals surface area contributed by atoms with Gasteiger partial charge in [-0.2, -0.15) is 0 Å². The molecule has 0 aliphatic heterocycles. The van der Waals surface area contributed by atoms with Crippen LogP contribution >= 0.6 is 0 Å². The van der Waals surface area contributed by atoms with Crippen molar-refractivity contribution < 1.29 is 14.6 Å². The predicted octanol–water partition coefficient (Wildman–Crippen LogP) is 1.98. The quantitative estimate of drug-likeness (QED) is 0.854. The molecule has 2 N–H and O–H groups in total. The first kappa shape index (κ1) is 17.0. The van der Waals surface area contributed by atoms with Gasteiger partial charge in [-0.15, -0.1) is 0 Å². The number of imidazole rings is 1. The van der Waals surface area contributed by atoms with Gasteiger partial charge in [0.1, 0.15) is 5.75 Å². The Labute approximate surface area is 136 Å². The molecule has 0 atom stereocenters. The molecule has 23 heavy (non-hydrogen) atoms. The molecule has 0 fully saturated rings. The second-order valence-electron chi connectivity index (χ2n) is 5.57. The van der Waals surface area contributed by atoms with Crippen LogP contribution in [0.4, 0.5) is 0 Å². The first-order valence-corrected chi connectivity index (χ1v) is 7.52. The standard InChI is InChI=1S/C17H23N3O3/c1-11-7-14(8-12(2)16(11)23-4)17(22)20(5-6-21)9-15-13(3)18-10-19-15/h7-8,10,21H,5-6,9H2,1-4H3,(H,18,19). The summed E-state index contributed by atoms with van der Waals surface area (Å²) in [6.07, 6.45) is 1.61. The van der Waals surface area contributed by atoms with Crippen molar-refractivity contribution in [3.8, 4) is 5.75 Å². The van der Waals surface area contributed by atoms with Gasteiger partial charge in [-0.25, -0.2) is 4.98 Å². The second kappa shape index (κ2) is 7.28. The van der Waals surface area contributed by atoms with E-state index < -0.39 is 0 Å². The lowest BCUT2D eigenvalue weighted by atomic mass is 10.0. The Morgan fingerprint density at radius 3 is 2.43 bits per heavy atom. The fraction of sp³-hybridized carbons (Fsp3) is 0.412. The highest BCUT2D eigenvalue weighted by Crippen LogP contribution is 2.25. The van der Waals surface area contributed by atoms with Gasteiger partial charge in [-0.05, 0) is 44.0 Å². The third-order valence-corrected chi connectivity index (χ3v) is 3.84. The van der Waals surface area contributed by atoms with Crippen molar-refractivity contribution in [1.29, 1.82) is 0 Å². The summed E-state index contributed by atoms with van der Waals surface area (Å²) in [5.74, 6) is 0.661. The molecule has 1 amide bonds. The van der Waals surface area contributed by atoms with Crippen molar-refractivity contribution in [3.63, 3.8) is 0 Å². The predicted molar refractivity (Wildman–Crippen MR) is 87.6 cm³/mol. The Balaban J connectivity index is 2.29. The topological polar surface area (TPSA) is 78.4 Å². The minimum absolute atomic E-state index is 0.0939. The van der Waals surface area contributed by atoms with Crippen LogP contribution < -0.4 is 4.74 Å². The van der Waals surface area contributed by atoms with Gasteiger partial charge in [0.2, 0.25) is 0 Å². The molecule has 1 aromatic carbocycles. The van der Waals surface area contributed by atoms with Crippen molar-refractivity contribution in [1.82, 2.24) is 14.9 Å². The third-order valence-electron chi connectivity index (χ3n) is 3.84. The lowest BCUT2D eigenvalue weighted by Gasteiger charge is -2.22. The number of aromatic amines is 1. The van der Waals surface area contributed by atoms with E-state index in [1.54, 1.807) is 18.3 Å². The Morgan fingerprint density at radius 2 is 1.96 bits per heavy atom. The zero-order valence-electron chi connectivity index (χ0n) is 14.0. The average Bonchev–Trinajstić information content (AvgIpc) is 2.91. The van der Waals surface area contributed by atoms with Gasteiger partial charge in [0, 0.05) is 17.8 Å². The highest BCUT2D eigenvalue weighted by Gasteiger charge is 2.19. The van der Waals surface area contributed by atoms with Crippen molar-refractivity contribution in [3.05, 3.63) is 46.5 Å². The van der Waals surface area contributed by atoms with Gasteiger partial charge in [-0.1, -0.05) is 0 Å². The summed E-state index contributed by atoms with van der Waals surface area (Å²) >= 11 is 0. The smallest absolute Gasteiger partial charge is 0.254 e. The number of methoxy groups -OCH3 is 1. The Hall–Kier alpha value is -2.34. The minimum atomic E-state index is -0.129. The highest BCUT2D eigenvalue weighted by atomic mass is 16.5. The van der Waals surface area contributed by atoms with Gasteiger partial charge >= 0.3 is 0 Å². The van der Waals surface area contributed by atoms with E-state index in [4.69, 9.17) is 4.74 Å². The number of hydrogen-bond donors (Lipinski definition) is 2. The maximum Gasteiger partial charge on any atom is 0.254 e. The van der Waals surface area contributed by atoms with Crippen LogP contribution in [-0.2, 0) is 6.54 Å². The third kappa shape index (κ3) is 3.71. The number of aliphatic hydroxyl groups excluding tert-OH is 1. The number of nitrogens with zero attached hydrogens (tertiary/aromatic N) is 2. The summed E-state index contributed by atoms with van der Waals surface area (Å²) in [4.78, 5) is 21.6. The molecule has 1 aromatic heterocycles. The van der Waals surface area contributed by atoms with Crippen molar-refractivity contribution in [2.75, 3.05) is 20.3 Å². The molecule has 0 spiro atoms. The molecule has 0 saturated carbocycles. The van der Waals surface area contributed by atoms with E-state index in [-0.39, 0.29) is 19.1 Å². The lowest BCUT2D eigenvalue weighted by molar-refractivity contribution is 0.0705. The largest absolute Gasteiger partial charge is 0.496 e. The summed E-state index contributed by atoms with van der Waals surface area (Å²) in [6.45, 7) is 6.26. The number of amides is 1.